The van der Waals surface area contributed by atoms with Crippen LogP contribution in [0, 0.1) is 0 Å². The van der Waals surface area contributed by atoms with E-state index in [2.05, 4.69) is 36.8 Å². The largest absolute Gasteiger partial charge is 0.374 e. The van der Waals surface area contributed by atoms with Gasteiger partial charge in [-0.05, 0) is 39.8 Å². The fourth-order valence-corrected chi connectivity index (χ4v) is 2.79. The van der Waals surface area contributed by atoms with Gasteiger partial charge in [0, 0.05) is 19.6 Å². The molecule has 0 fully saturated rings. The minimum absolute atomic E-state index is 0.000405. The zero-order valence-electron chi connectivity index (χ0n) is 13.4. The summed E-state index contributed by atoms with van der Waals surface area (Å²) in [5, 5.41) is 0. The first-order valence-electron chi connectivity index (χ1n) is 7.57. The molecule has 0 amide bonds. The van der Waals surface area contributed by atoms with Gasteiger partial charge in [0.1, 0.15) is 5.82 Å². The van der Waals surface area contributed by atoms with E-state index < -0.39 is 0 Å². The smallest absolute Gasteiger partial charge is 0.111 e. The molecule has 116 valence electrons. The second kappa shape index (κ2) is 6.56. The summed E-state index contributed by atoms with van der Waals surface area (Å²) in [4.78, 5) is 4.76. The Morgan fingerprint density at radius 1 is 1.33 bits per heavy atom. The lowest BCUT2D eigenvalue weighted by Gasteiger charge is -2.33. The van der Waals surface area contributed by atoms with Crippen molar-refractivity contribution in [1.29, 1.82) is 0 Å². The number of rotatable bonds is 7. The molecule has 5 nitrogen and oxygen atoms in total. The maximum Gasteiger partial charge on any atom is 0.111 e. The number of imidazole rings is 1. The number of fused-ring (bicyclic) bond motifs is 1. The SMILES string of the molecule is CCOC(C)(C)C(Cc1nc2ccccc2n1CC)NN. The first-order chi connectivity index (χ1) is 10.0. The molecule has 1 aromatic heterocycles. The molecule has 1 atom stereocenters. The first kappa shape index (κ1) is 15.9. The van der Waals surface area contributed by atoms with E-state index in [9.17, 15) is 0 Å². The summed E-state index contributed by atoms with van der Waals surface area (Å²) < 4.78 is 8.06. The van der Waals surface area contributed by atoms with Crippen LogP contribution in [0.2, 0.25) is 0 Å². The average Bonchev–Trinajstić information content (AvgIpc) is 2.81. The number of hydrazine groups is 1. The van der Waals surface area contributed by atoms with Crippen LogP contribution >= 0.6 is 0 Å². The number of ether oxygens (including phenoxy) is 1. The van der Waals surface area contributed by atoms with Crippen molar-refractivity contribution < 1.29 is 4.74 Å². The molecule has 0 saturated heterocycles. The number of aryl methyl sites for hydroxylation is 1. The van der Waals surface area contributed by atoms with Crippen LogP contribution < -0.4 is 11.3 Å². The summed E-state index contributed by atoms with van der Waals surface area (Å²) in [6, 6.07) is 8.21. The van der Waals surface area contributed by atoms with E-state index in [1.807, 2.05) is 25.1 Å². The predicted molar refractivity (Wildman–Crippen MR) is 85.9 cm³/mol. The maximum absolute atomic E-state index is 5.82. The Hall–Kier alpha value is -1.43. The molecule has 0 saturated carbocycles. The standard InChI is InChI=1S/C16H26N4O/c1-5-20-13-10-8-7-9-12(13)18-15(20)11-14(19-17)16(3,4)21-6-2/h7-10,14,19H,5-6,11,17H2,1-4H3. The van der Waals surface area contributed by atoms with Crippen LogP contribution in [-0.4, -0.2) is 27.8 Å². The van der Waals surface area contributed by atoms with E-state index in [-0.39, 0.29) is 11.6 Å². The van der Waals surface area contributed by atoms with Gasteiger partial charge in [-0.3, -0.25) is 11.3 Å². The minimum atomic E-state index is -0.347. The minimum Gasteiger partial charge on any atom is -0.374 e. The van der Waals surface area contributed by atoms with Crippen molar-refractivity contribution in [1.82, 2.24) is 15.0 Å². The average molecular weight is 290 g/mol. The van der Waals surface area contributed by atoms with E-state index in [4.69, 9.17) is 15.6 Å². The molecule has 0 aliphatic heterocycles. The van der Waals surface area contributed by atoms with Crippen molar-refractivity contribution in [2.24, 2.45) is 5.84 Å². The number of para-hydroxylation sites is 2. The summed E-state index contributed by atoms with van der Waals surface area (Å²) >= 11 is 0. The Labute approximate surface area is 126 Å². The van der Waals surface area contributed by atoms with Gasteiger partial charge < -0.3 is 9.30 Å². The Morgan fingerprint density at radius 3 is 2.67 bits per heavy atom. The van der Waals surface area contributed by atoms with Crippen LogP contribution in [-0.2, 0) is 17.7 Å². The van der Waals surface area contributed by atoms with Gasteiger partial charge in [0.2, 0.25) is 0 Å². The van der Waals surface area contributed by atoms with E-state index in [1.54, 1.807) is 0 Å². The molecule has 3 N–H and O–H groups in total. The van der Waals surface area contributed by atoms with Crippen LogP contribution in [0.25, 0.3) is 11.0 Å². The highest BCUT2D eigenvalue weighted by molar-refractivity contribution is 5.75. The molecule has 1 heterocycles. The molecule has 21 heavy (non-hydrogen) atoms. The summed E-state index contributed by atoms with van der Waals surface area (Å²) in [7, 11) is 0. The Kier molecular flexibility index (Phi) is 4.98. The summed E-state index contributed by atoms with van der Waals surface area (Å²) in [6.07, 6.45) is 0.728. The van der Waals surface area contributed by atoms with E-state index in [0.717, 1.165) is 24.3 Å². The molecule has 2 aromatic rings. The fourth-order valence-electron chi connectivity index (χ4n) is 2.79. The molecule has 1 aromatic carbocycles. The van der Waals surface area contributed by atoms with Gasteiger partial charge in [0.15, 0.2) is 0 Å². The number of hydrogen-bond donors (Lipinski definition) is 2. The van der Waals surface area contributed by atoms with Crippen molar-refractivity contribution in [2.45, 2.75) is 52.3 Å². The molecular formula is C16H26N4O. The van der Waals surface area contributed by atoms with Crippen LogP contribution in [0.5, 0.6) is 0 Å². The van der Waals surface area contributed by atoms with Crippen molar-refractivity contribution in [3.05, 3.63) is 30.1 Å². The topological polar surface area (TPSA) is 65.1 Å². The van der Waals surface area contributed by atoms with E-state index in [1.165, 1.54) is 5.52 Å². The Morgan fingerprint density at radius 2 is 2.05 bits per heavy atom. The van der Waals surface area contributed by atoms with E-state index >= 15 is 0 Å². The molecule has 1 unspecified atom stereocenters. The highest BCUT2D eigenvalue weighted by atomic mass is 16.5. The van der Waals surface area contributed by atoms with Crippen LogP contribution in [0.15, 0.2) is 24.3 Å². The molecule has 0 aliphatic rings. The lowest BCUT2D eigenvalue weighted by molar-refractivity contribution is -0.0386. The number of nitrogens with zero attached hydrogens (tertiary/aromatic N) is 2. The zero-order chi connectivity index (χ0) is 15.5. The fraction of sp³-hybridized carbons (Fsp3) is 0.562. The third kappa shape index (κ3) is 3.26. The van der Waals surface area contributed by atoms with Crippen molar-refractivity contribution >= 4 is 11.0 Å². The first-order valence-corrected chi connectivity index (χ1v) is 7.57. The third-order valence-electron chi connectivity index (χ3n) is 3.99. The van der Waals surface area contributed by atoms with Gasteiger partial charge in [-0.1, -0.05) is 12.1 Å². The highest BCUT2D eigenvalue weighted by Crippen LogP contribution is 2.21. The van der Waals surface area contributed by atoms with Crippen molar-refractivity contribution in [2.75, 3.05) is 6.61 Å². The number of aromatic nitrogens is 2. The van der Waals surface area contributed by atoms with E-state index in [0.29, 0.717) is 6.61 Å². The van der Waals surface area contributed by atoms with Crippen molar-refractivity contribution in [3.8, 4) is 0 Å². The third-order valence-corrected chi connectivity index (χ3v) is 3.99. The molecule has 5 heteroatoms. The van der Waals surface area contributed by atoms with Gasteiger partial charge in [-0.2, -0.15) is 0 Å². The normalized spacial score (nSPS) is 13.8. The number of hydrogen-bond acceptors (Lipinski definition) is 4. The number of nitrogens with two attached hydrogens (primary N) is 1. The highest BCUT2D eigenvalue weighted by Gasteiger charge is 2.30. The molecular weight excluding hydrogens is 264 g/mol. The molecule has 0 bridgehead atoms. The van der Waals surface area contributed by atoms with Crippen LogP contribution in [0.1, 0.15) is 33.5 Å². The molecule has 0 radical (unpaired) electrons. The molecule has 0 spiro atoms. The summed E-state index contributed by atoms with van der Waals surface area (Å²) in [5.41, 5.74) is 4.74. The second-order valence-corrected chi connectivity index (χ2v) is 5.72. The second-order valence-electron chi connectivity index (χ2n) is 5.72. The van der Waals surface area contributed by atoms with Gasteiger partial charge >= 0.3 is 0 Å². The Bertz CT molecular complexity index is 591. The predicted octanol–water partition coefficient (Wildman–Crippen LogP) is 2.25. The van der Waals surface area contributed by atoms with Crippen LogP contribution in [0.4, 0.5) is 0 Å². The zero-order valence-corrected chi connectivity index (χ0v) is 13.4. The lowest BCUT2D eigenvalue weighted by Crippen LogP contribution is -2.53. The molecule has 0 aliphatic carbocycles. The van der Waals surface area contributed by atoms with Gasteiger partial charge in [-0.25, -0.2) is 4.98 Å². The molecule has 2 rings (SSSR count). The lowest BCUT2D eigenvalue weighted by atomic mass is 9.95. The van der Waals surface area contributed by atoms with Gasteiger partial charge in [0.05, 0.1) is 22.7 Å². The van der Waals surface area contributed by atoms with Crippen molar-refractivity contribution in [3.63, 3.8) is 0 Å². The monoisotopic (exact) mass is 290 g/mol. The number of nitrogens with one attached hydrogen (secondary N) is 1. The summed E-state index contributed by atoms with van der Waals surface area (Å²) in [5.74, 6) is 6.79. The van der Waals surface area contributed by atoms with Crippen LogP contribution in [0.3, 0.4) is 0 Å². The van der Waals surface area contributed by atoms with Gasteiger partial charge in [-0.15, -0.1) is 0 Å². The maximum atomic E-state index is 5.82. The Balaban J connectivity index is 2.33. The van der Waals surface area contributed by atoms with Gasteiger partial charge in [0.25, 0.3) is 0 Å². The number of benzene rings is 1. The summed E-state index contributed by atoms with van der Waals surface area (Å²) in [6.45, 7) is 9.80. The quantitative estimate of drug-likeness (QED) is 0.606.